The second-order valence-corrected chi connectivity index (χ2v) is 3.06. The lowest BCUT2D eigenvalue weighted by atomic mass is 10.0. The summed E-state index contributed by atoms with van der Waals surface area (Å²) in [6.45, 7) is 2.08. The summed E-state index contributed by atoms with van der Waals surface area (Å²) >= 11 is 0. The Morgan fingerprint density at radius 1 is 1.15 bits per heavy atom. The Hall–Kier alpha value is -1.63. The molecule has 1 heterocycles. The second-order valence-electron chi connectivity index (χ2n) is 3.06. The van der Waals surface area contributed by atoms with E-state index in [4.69, 9.17) is 0 Å². The highest BCUT2D eigenvalue weighted by Gasteiger charge is 2.00. The van der Waals surface area contributed by atoms with Gasteiger partial charge >= 0.3 is 0 Å². The Morgan fingerprint density at radius 2 is 2.00 bits per heavy atom. The molecule has 0 bridgehead atoms. The molecule has 0 amide bonds. The topological polar surface area (TPSA) is 12.4 Å². The van der Waals surface area contributed by atoms with E-state index in [-0.39, 0.29) is 0 Å². The van der Waals surface area contributed by atoms with Crippen LogP contribution in [0.1, 0.15) is 18.1 Å². The van der Waals surface area contributed by atoms with E-state index in [0.29, 0.717) is 0 Å². The molecule has 64 valence electrons. The number of aliphatic imine (C=N–C) groups is 1. The first-order valence-corrected chi connectivity index (χ1v) is 4.34. The van der Waals surface area contributed by atoms with E-state index >= 15 is 0 Å². The molecule has 0 radical (unpaired) electrons. The van der Waals surface area contributed by atoms with Crippen molar-refractivity contribution in [3.8, 4) is 0 Å². The molecule has 0 spiro atoms. The molecule has 0 aliphatic carbocycles. The molecular weight excluding hydrogens is 158 g/mol. The van der Waals surface area contributed by atoms with Gasteiger partial charge in [0.25, 0.3) is 0 Å². The van der Waals surface area contributed by atoms with Gasteiger partial charge in [-0.2, -0.15) is 0 Å². The third kappa shape index (κ3) is 1.59. The van der Waals surface area contributed by atoms with Crippen LogP contribution in [-0.2, 0) is 0 Å². The molecule has 0 atom stereocenters. The molecule has 1 heteroatoms. The molecule has 0 aromatic heterocycles. The van der Waals surface area contributed by atoms with Crippen LogP contribution in [0.2, 0.25) is 0 Å². The quantitative estimate of drug-likeness (QED) is 0.565. The largest absolute Gasteiger partial charge is 0.264 e. The van der Waals surface area contributed by atoms with Crippen LogP contribution in [0.4, 0.5) is 0 Å². The lowest BCUT2D eigenvalue weighted by Crippen LogP contribution is -1.86. The highest BCUT2D eigenvalue weighted by molar-refractivity contribution is 5.84. The zero-order chi connectivity index (χ0) is 9.10. The fraction of sp³-hybridized carbons (Fsp3) is 0.0833. The van der Waals surface area contributed by atoms with E-state index in [2.05, 4.69) is 42.3 Å². The van der Waals surface area contributed by atoms with Gasteiger partial charge in [0.15, 0.2) is 0 Å². The van der Waals surface area contributed by atoms with Crippen LogP contribution >= 0.6 is 0 Å². The van der Waals surface area contributed by atoms with Gasteiger partial charge in [0.2, 0.25) is 0 Å². The zero-order valence-electron chi connectivity index (χ0n) is 7.57. The summed E-state index contributed by atoms with van der Waals surface area (Å²) in [4.78, 5) is 4.14. The molecule has 1 aromatic carbocycles. The van der Waals surface area contributed by atoms with Crippen LogP contribution in [-0.4, -0.2) is 6.21 Å². The summed E-state index contributed by atoms with van der Waals surface area (Å²) in [5, 5.41) is 0. The molecule has 0 N–H and O–H groups in total. The van der Waals surface area contributed by atoms with Crippen molar-refractivity contribution in [2.45, 2.75) is 6.92 Å². The van der Waals surface area contributed by atoms with Gasteiger partial charge in [-0.05, 0) is 29.7 Å². The van der Waals surface area contributed by atoms with Crippen molar-refractivity contribution in [3.63, 3.8) is 0 Å². The maximum absolute atomic E-state index is 4.14. The lowest BCUT2D eigenvalue weighted by Gasteiger charge is -2.06. The minimum absolute atomic E-state index is 1.20. The predicted octanol–water partition coefficient (Wildman–Crippen LogP) is 3.15. The average molecular weight is 169 g/mol. The lowest BCUT2D eigenvalue weighted by molar-refractivity contribution is 1.48. The summed E-state index contributed by atoms with van der Waals surface area (Å²) in [6, 6.07) is 8.33. The van der Waals surface area contributed by atoms with Gasteiger partial charge in [0, 0.05) is 12.4 Å². The van der Waals surface area contributed by atoms with Crippen molar-refractivity contribution in [2.75, 3.05) is 0 Å². The monoisotopic (exact) mass is 169 g/mol. The summed E-state index contributed by atoms with van der Waals surface area (Å²) in [5.41, 5.74) is 3.72. The smallest absolute Gasteiger partial charge is 0.0303 e. The van der Waals surface area contributed by atoms with E-state index in [1.807, 2.05) is 12.3 Å². The minimum atomic E-state index is 1.20. The summed E-state index contributed by atoms with van der Waals surface area (Å²) in [7, 11) is 0. The molecular formula is C12H11N. The molecule has 13 heavy (non-hydrogen) atoms. The van der Waals surface area contributed by atoms with Crippen LogP contribution in [0.25, 0.3) is 11.6 Å². The van der Waals surface area contributed by atoms with Gasteiger partial charge in [-0.3, -0.25) is 4.99 Å². The van der Waals surface area contributed by atoms with E-state index < -0.39 is 0 Å². The fourth-order valence-corrected chi connectivity index (χ4v) is 1.42. The molecule has 2 rings (SSSR count). The van der Waals surface area contributed by atoms with Crippen molar-refractivity contribution >= 4 is 17.9 Å². The maximum Gasteiger partial charge on any atom is 0.0303 e. The normalized spacial score (nSPS) is 23.3. The number of fused-ring (bicyclic) bond motifs is 1. The van der Waals surface area contributed by atoms with Gasteiger partial charge in [-0.15, -0.1) is 0 Å². The first kappa shape index (κ1) is 7.99. The Morgan fingerprint density at radius 3 is 2.92 bits per heavy atom. The van der Waals surface area contributed by atoms with Crippen LogP contribution < -0.4 is 0 Å². The highest BCUT2D eigenvalue weighted by Crippen LogP contribution is 2.20. The molecule has 0 saturated carbocycles. The molecule has 1 nitrogen and oxygen atoms in total. The number of rotatable bonds is 0. The van der Waals surface area contributed by atoms with Crippen molar-refractivity contribution in [2.24, 2.45) is 4.99 Å². The van der Waals surface area contributed by atoms with Crippen LogP contribution in [0.15, 0.2) is 41.5 Å². The Balaban J connectivity index is 2.61. The Kier molecular flexibility index (Phi) is 2.09. The van der Waals surface area contributed by atoms with E-state index in [9.17, 15) is 0 Å². The standard InChI is InChI=1S/C12H11N/c1-10-9-13-8-4-6-11-5-2-3-7-12(10)11/h2-9H,1H3/b6-4-,8-4?,10-9-,11-6?,12-10?,13-8+,13-9?. The first-order chi connectivity index (χ1) is 6.38. The first-order valence-electron chi connectivity index (χ1n) is 4.34. The summed E-state index contributed by atoms with van der Waals surface area (Å²) < 4.78 is 0. The van der Waals surface area contributed by atoms with E-state index in [1.165, 1.54) is 16.7 Å². The zero-order valence-corrected chi connectivity index (χ0v) is 7.57. The number of benzene rings is 1. The highest BCUT2D eigenvalue weighted by atomic mass is 14.7. The van der Waals surface area contributed by atoms with Crippen LogP contribution in [0.3, 0.4) is 0 Å². The number of hydrogen-bond acceptors (Lipinski definition) is 1. The van der Waals surface area contributed by atoms with Gasteiger partial charge < -0.3 is 0 Å². The van der Waals surface area contributed by atoms with E-state index in [0.717, 1.165) is 0 Å². The van der Waals surface area contributed by atoms with Crippen LogP contribution in [0.5, 0.6) is 0 Å². The number of hydrogen-bond donors (Lipinski definition) is 0. The number of allylic oxidation sites excluding steroid dienone is 2. The molecule has 0 saturated heterocycles. The van der Waals surface area contributed by atoms with Gasteiger partial charge in [-0.25, -0.2) is 0 Å². The SMILES string of the molecule is C/C1=C/N=C/C=C\c2ccccc21. The molecule has 1 aliphatic heterocycles. The summed E-state index contributed by atoms with van der Waals surface area (Å²) in [5.74, 6) is 0. The van der Waals surface area contributed by atoms with E-state index in [1.54, 1.807) is 6.21 Å². The third-order valence-electron chi connectivity index (χ3n) is 2.10. The molecule has 0 fully saturated rings. The van der Waals surface area contributed by atoms with Crippen LogP contribution in [0, 0.1) is 0 Å². The van der Waals surface area contributed by atoms with Crippen molar-refractivity contribution in [1.29, 1.82) is 0 Å². The Bertz CT molecular complexity index is 397. The summed E-state index contributed by atoms with van der Waals surface area (Å²) in [6.07, 6.45) is 7.74. The second kappa shape index (κ2) is 3.40. The minimum Gasteiger partial charge on any atom is -0.264 e. The van der Waals surface area contributed by atoms with Gasteiger partial charge in [0.05, 0.1) is 0 Å². The van der Waals surface area contributed by atoms with Gasteiger partial charge in [-0.1, -0.05) is 30.3 Å². The van der Waals surface area contributed by atoms with Crippen molar-refractivity contribution in [3.05, 3.63) is 47.7 Å². The molecule has 1 aliphatic rings. The predicted molar refractivity (Wildman–Crippen MR) is 57.6 cm³/mol. The number of nitrogens with zero attached hydrogens (tertiary/aromatic N) is 1. The maximum atomic E-state index is 4.14. The fourth-order valence-electron chi connectivity index (χ4n) is 1.42. The molecule has 0 unspecified atom stereocenters. The Labute approximate surface area is 78.1 Å². The average Bonchev–Trinajstić information content (AvgIpc) is 2.14. The van der Waals surface area contributed by atoms with Crippen molar-refractivity contribution < 1.29 is 0 Å². The van der Waals surface area contributed by atoms with Crippen molar-refractivity contribution in [1.82, 2.24) is 0 Å². The third-order valence-corrected chi connectivity index (χ3v) is 2.10. The molecule has 1 aromatic rings. The van der Waals surface area contributed by atoms with Gasteiger partial charge in [0.1, 0.15) is 0 Å².